The fraction of sp³-hybridized carbons (Fsp3) is 0.250. The number of nitrogens with one attached hydrogen (secondary N) is 2. The van der Waals surface area contributed by atoms with E-state index >= 15 is 0 Å². The fourth-order valence-electron chi connectivity index (χ4n) is 3.22. The molecule has 0 bridgehead atoms. The highest BCUT2D eigenvalue weighted by Crippen LogP contribution is 2.34. The topological polar surface area (TPSA) is 79.6 Å². The van der Waals surface area contributed by atoms with Gasteiger partial charge in [-0.1, -0.05) is 25.5 Å². The molecule has 6 nitrogen and oxygen atoms in total. The highest BCUT2D eigenvalue weighted by molar-refractivity contribution is 5.82. The number of fused-ring (bicyclic) bond motifs is 1. The van der Waals surface area contributed by atoms with Crippen LogP contribution in [0.2, 0.25) is 0 Å². The molecule has 0 aliphatic rings. The van der Waals surface area contributed by atoms with E-state index in [0.29, 0.717) is 47.8 Å². The lowest BCUT2D eigenvalue weighted by Crippen LogP contribution is -2.10. The summed E-state index contributed by atoms with van der Waals surface area (Å²) in [5.74, 6) is 0.841. The van der Waals surface area contributed by atoms with Crippen molar-refractivity contribution < 1.29 is 17.6 Å². The van der Waals surface area contributed by atoms with Crippen LogP contribution in [0.5, 0.6) is 0 Å². The van der Waals surface area contributed by atoms with Crippen molar-refractivity contribution in [1.29, 1.82) is 0 Å². The van der Waals surface area contributed by atoms with Crippen LogP contribution in [-0.4, -0.2) is 20.6 Å². The van der Waals surface area contributed by atoms with Crippen molar-refractivity contribution >= 4 is 16.7 Å². The first-order valence-electron chi connectivity index (χ1n) is 9.14. The van der Waals surface area contributed by atoms with Crippen LogP contribution >= 0.6 is 0 Å². The van der Waals surface area contributed by atoms with E-state index in [4.69, 9.17) is 4.42 Å². The molecule has 0 unspecified atom stereocenters. The van der Waals surface area contributed by atoms with Gasteiger partial charge in [0.15, 0.2) is 5.76 Å². The highest BCUT2D eigenvalue weighted by atomic mass is 19.4. The van der Waals surface area contributed by atoms with Gasteiger partial charge in [0, 0.05) is 17.6 Å². The molecule has 0 amide bonds. The number of benzene rings is 2. The van der Waals surface area contributed by atoms with E-state index in [1.807, 2.05) is 19.1 Å². The van der Waals surface area contributed by atoms with Gasteiger partial charge in [0.05, 0.1) is 5.56 Å². The average molecular weight is 401 g/mol. The summed E-state index contributed by atoms with van der Waals surface area (Å²) in [6.45, 7) is 2.24. The maximum Gasteiger partial charge on any atom is 0.416 e. The fourth-order valence-corrected chi connectivity index (χ4v) is 3.22. The first-order valence-corrected chi connectivity index (χ1v) is 9.14. The Morgan fingerprint density at radius 1 is 1.10 bits per heavy atom. The molecule has 4 aromatic rings. The Balaban J connectivity index is 1.53. The number of nitrogens with zero attached hydrogens (tertiary/aromatic N) is 3. The van der Waals surface area contributed by atoms with Gasteiger partial charge < -0.3 is 9.73 Å². The predicted molar refractivity (Wildman–Crippen MR) is 102 cm³/mol. The molecule has 2 heterocycles. The van der Waals surface area contributed by atoms with Crippen LogP contribution in [0, 0.1) is 0 Å². The Kier molecular flexibility index (Phi) is 4.96. The zero-order valence-electron chi connectivity index (χ0n) is 15.5. The molecule has 150 valence electrons. The van der Waals surface area contributed by atoms with Crippen LogP contribution in [0.15, 0.2) is 46.9 Å². The summed E-state index contributed by atoms with van der Waals surface area (Å²) in [5.41, 5.74) is 1.73. The molecule has 0 saturated heterocycles. The van der Waals surface area contributed by atoms with Crippen LogP contribution in [0.1, 0.15) is 30.0 Å². The number of aromatic nitrogens is 4. The minimum Gasteiger partial charge on any atom is -0.453 e. The summed E-state index contributed by atoms with van der Waals surface area (Å²) in [6.07, 6.45) is -3.31. The summed E-state index contributed by atoms with van der Waals surface area (Å²) in [5, 5.41) is 17.6. The molecule has 0 aliphatic carbocycles. The molecular formula is C20H18F3N5O. The van der Waals surface area contributed by atoms with Crippen molar-refractivity contribution in [2.45, 2.75) is 32.5 Å². The van der Waals surface area contributed by atoms with E-state index in [0.717, 1.165) is 10.9 Å². The highest BCUT2D eigenvalue weighted by Gasteiger charge is 2.33. The van der Waals surface area contributed by atoms with Gasteiger partial charge in [0.2, 0.25) is 5.82 Å². The van der Waals surface area contributed by atoms with E-state index < -0.39 is 11.7 Å². The standard InChI is InChI=1S/C20H18F3N5O/c1-2-3-13-5-6-15(10-16(13)20(21,22)23)24-11-12-4-7-17-14(8-12)9-18(29-17)19-25-27-28-26-19/h4-10,24H,2-3,11H2,1H3,(H,25,26,27,28). The van der Waals surface area contributed by atoms with Crippen LogP contribution < -0.4 is 5.32 Å². The third-order valence-electron chi connectivity index (χ3n) is 4.58. The molecule has 0 atom stereocenters. The van der Waals surface area contributed by atoms with Gasteiger partial charge in [-0.25, -0.2) is 0 Å². The third kappa shape index (κ3) is 4.08. The maximum atomic E-state index is 13.4. The quantitative estimate of drug-likeness (QED) is 0.464. The molecule has 0 saturated carbocycles. The molecule has 0 spiro atoms. The summed E-state index contributed by atoms with van der Waals surface area (Å²) >= 11 is 0. The van der Waals surface area contributed by atoms with Crippen molar-refractivity contribution in [3.8, 4) is 11.6 Å². The molecule has 4 rings (SSSR count). The summed E-state index contributed by atoms with van der Waals surface area (Å²) < 4.78 is 45.7. The number of tetrazole rings is 1. The minimum atomic E-state index is -4.37. The third-order valence-corrected chi connectivity index (χ3v) is 4.58. The molecule has 2 N–H and O–H groups in total. The van der Waals surface area contributed by atoms with E-state index in [2.05, 4.69) is 25.9 Å². The number of aromatic amines is 1. The largest absolute Gasteiger partial charge is 0.453 e. The van der Waals surface area contributed by atoms with Crippen LogP contribution in [0.4, 0.5) is 18.9 Å². The van der Waals surface area contributed by atoms with E-state index in [1.54, 1.807) is 24.3 Å². The Morgan fingerprint density at radius 3 is 2.69 bits per heavy atom. The van der Waals surface area contributed by atoms with Crippen molar-refractivity contribution in [2.24, 2.45) is 0 Å². The zero-order valence-corrected chi connectivity index (χ0v) is 15.5. The van der Waals surface area contributed by atoms with Gasteiger partial charge >= 0.3 is 6.18 Å². The normalized spacial score (nSPS) is 11.9. The Hall–Kier alpha value is -3.36. The number of aryl methyl sites for hydroxylation is 1. The maximum absolute atomic E-state index is 13.4. The molecular weight excluding hydrogens is 383 g/mol. The van der Waals surface area contributed by atoms with Gasteiger partial charge in [-0.3, -0.25) is 0 Å². The van der Waals surface area contributed by atoms with Gasteiger partial charge in [0.25, 0.3) is 0 Å². The summed E-state index contributed by atoms with van der Waals surface area (Å²) in [7, 11) is 0. The number of halogens is 3. The van der Waals surface area contributed by atoms with Crippen molar-refractivity contribution in [3.05, 3.63) is 59.2 Å². The minimum absolute atomic E-state index is 0.319. The van der Waals surface area contributed by atoms with Crippen molar-refractivity contribution in [3.63, 3.8) is 0 Å². The Morgan fingerprint density at radius 2 is 1.97 bits per heavy atom. The number of rotatable bonds is 6. The average Bonchev–Trinajstić information content (AvgIpc) is 3.35. The monoisotopic (exact) mass is 401 g/mol. The number of H-pyrrole nitrogens is 1. The van der Waals surface area contributed by atoms with Crippen LogP contribution in [-0.2, 0) is 19.1 Å². The van der Waals surface area contributed by atoms with Crippen molar-refractivity contribution in [1.82, 2.24) is 20.6 Å². The summed E-state index contributed by atoms with van der Waals surface area (Å²) in [6, 6.07) is 11.8. The van der Waals surface area contributed by atoms with E-state index in [1.165, 1.54) is 6.07 Å². The van der Waals surface area contributed by atoms with Crippen LogP contribution in [0.25, 0.3) is 22.6 Å². The van der Waals surface area contributed by atoms with Crippen molar-refractivity contribution in [2.75, 3.05) is 5.32 Å². The second-order valence-corrected chi connectivity index (χ2v) is 6.69. The molecule has 0 fully saturated rings. The lowest BCUT2D eigenvalue weighted by molar-refractivity contribution is -0.138. The number of furan rings is 1. The number of anilines is 1. The second-order valence-electron chi connectivity index (χ2n) is 6.69. The number of alkyl halides is 3. The van der Waals surface area contributed by atoms with Gasteiger partial charge in [-0.05, 0) is 53.1 Å². The smallest absolute Gasteiger partial charge is 0.416 e. The first-order chi connectivity index (χ1) is 13.9. The first kappa shape index (κ1) is 19.0. The van der Waals surface area contributed by atoms with E-state index in [-0.39, 0.29) is 0 Å². The molecule has 0 radical (unpaired) electrons. The predicted octanol–water partition coefficient (Wildman–Crippen LogP) is 5.20. The van der Waals surface area contributed by atoms with E-state index in [9.17, 15) is 13.2 Å². The lowest BCUT2D eigenvalue weighted by atomic mass is 10.0. The molecule has 29 heavy (non-hydrogen) atoms. The van der Waals surface area contributed by atoms with Crippen LogP contribution in [0.3, 0.4) is 0 Å². The number of hydrogen-bond acceptors (Lipinski definition) is 5. The molecule has 2 aromatic heterocycles. The van der Waals surface area contributed by atoms with Gasteiger partial charge in [0.1, 0.15) is 5.58 Å². The van der Waals surface area contributed by atoms with Gasteiger partial charge in [-0.2, -0.15) is 18.4 Å². The SMILES string of the molecule is CCCc1ccc(NCc2ccc3oc(-c4nn[nH]n4)cc3c2)cc1C(F)(F)F. The second kappa shape index (κ2) is 7.57. The van der Waals surface area contributed by atoms with Gasteiger partial charge in [-0.15, -0.1) is 10.2 Å². The Bertz CT molecular complexity index is 1120. The number of hydrogen-bond donors (Lipinski definition) is 2. The molecule has 9 heteroatoms. The lowest BCUT2D eigenvalue weighted by Gasteiger charge is -2.15. The zero-order chi connectivity index (χ0) is 20.4. The molecule has 0 aliphatic heterocycles. The Labute approximate surface area is 164 Å². The summed E-state index contributed by atoms with van der Waals surface area (Å²) in [4.78, 5) is 0. The molecule has 2 aromatic carbocycles.